The Balaban J connectivity index is 2.06. The van der Waals surface area contributed by atoms with Crippen molar-refractivity contribution in [1.82, 2.24) is 14.9 Å². The number of anilines is 1. The van der Waals surface area contributed by atoms with Gasteiger partial charge in [-0.05, 0) is 18.2 Å². The summed E-state index contributed by atoms with van der Waals surface area (Å²) < 4.78 is 40.0. The lowest BCUT2D eigenvalue weighted by Gasteiger charge is -2.12. The van der Waals surface area contributed by atoms with Gasteiger partial charge in [-0.15, -0.1) is 6.58 Å². The number of thioether (sulfide) groups is 1. The van der Waals surface area contributed by atoms with Gasteiger partial charge in [0.1, 0.15) is 6.54 Å². The molecule has 2 amide bonds. The Bertz CT molecular complexity index is 934. The van der Waals surface area contributed by atoms with Crippen LogP contribution in [0, 0.1) is 0 Å². The highest BCUT2D eigenvalue weighted by molar-refractivity contribution is 7.99. The largest absolute Gasteiger partial charge is 0.416 e. The molecular weight excluding hydrogens is 445 g/mol. The third-order valence-corrected chi connectivity index (χ3v) is 5.03. The second-order valence-electron chi connectivity index (χ2n) is 5.90. The summed E-state index contributed by atoms with van der Waals surface area (Å²) in [7, 11) is 0. The average Bonchev–Trinajstić information content (AvgIpc) is 3.07. The molecule has 2 rings (SSSR count). The SMILES string of the molecule is C=CCNC(=O)Cn1c(CO)cnc1SCC(=O)Nc1cc(C(F)(F)F)ccc1Cl. The van der Waals surface area contributed by atoms with Gasteiger partial charge in [0.15, 0.2) is 5.16 Å². The average molecular weight is 463 g/mol. The third-order valence-electron chi connectivity index (χ3n) is 3.71. The molecule has 0 saturated carbocycles. The maximum atomic E-state index is 12.8. The summed E-state index contributed by atoms with van der Waals surface area (Å²) in [6.07, 6.45) is -1.70. The van der Waals surface area contributed by atoms with Gasteiger partial charge in [0.05, 0.1) is 40.5 Å². The molecule has 12 heteroatoms. The van der Waals surface area contributed by atoms with Crippen LogP contribution in [0.25, 0.3) is 0 Å². The number of aliphatic hydroxyl groups excluding tert-OH is 1. The van der Waals surface area contributed by atoms with Crippen molar-refractivity contribution in [3.63, 3.8) is 0 Å². The minimum Gasteiger partial charge on any atom is -0.390 e. The Hall–Kier alpha value is -2.50. The molecule has 30 heavy (non-hydrogen) atoms. The van der Waals surface area contributed by atoms with Gasteiger partial charge < -0.3 is 20.3 Å². The summed E-state index contributed by atoms with van der Waals surface area (Å²) in [5.74, 6) is -1.16. The summed E-state index contributed by atoms with van der Waals surface area (Å²) in [6, 6.07) is 2.62. The number of rotatable bonds is 9. The molecule has 2 aromatic rings. The highest BCUT2D eigenvalue weighted by Crippen LogP contribution is 2.34. The van der Waals surface area contributed by atoms with E-state index in [4.69, 9.17) is 11.6 Å². The lowest BCUT2D eigenvalue weighted by Crippen LogP contribution is -2.28. The Morgan fingerprint density at radius 2 is 2.07 bits per heavy atom. The molecule has 0 unspecified atom stereocenters. The Morgan fingerprint density at radius 1 is 1.33 bits per heavy atom. The van der Waals surface area contributed by atoms with E-state index in [9.17, 15) is 27.9 Å². The van der Waals surface area contributed by atoms with Crippen LogP contribution in [0.2, 0.25) is 5.02 Å². The summed E-state index contributed by atoms with van der Waals surface area (Å²) >= 11 is 6.82. The first-order valence-corrected chi connectivity index (χ1v) is 9.84. The molecule has 0 bridgehead atoms. The molecule has 3 N–H and O–H groups in total. The van der Waals surface area contributed by atoms with Crippen LogP contribution in [0.3, 0.4) is 0 Å². The number of nitrogens with zero attached hydrogens (tertiary/aromatic N) is 2. The maximum absolute atomic E-state index is 12.8. The summed E-state index contributed by atoms with van der Waals surface area (Å²) in [5, 5.41) is 14.6. The number of amides is 2. The Kier molecular flexibility index (Phi) is 8.33. The van der Waals surface area contributed by atoms with Gasteiger partial charge in [-0.3, -0.25) is 9.59 Å². The standard InChI is InChI=1S/C18H18ClF3N4O3S/c1-2-5-23-15(28)8-26-12(9-27)7-24-17(26)30-10-16(29)25-14-6-11(18(20,21)22)3-4-13(14)19/h2-4,6-7,27H,1,5,8-10H2,(H,23,28)(H,25,29). The number of halogens is 4. The molecule has 1 aromatic heterocycles. The first kappa shape index (κ1) is 23.8. The van der Waals surface area contributed by atoms with Crippen molar-refractivity contribution in [2.24, 2.45) is 0 Å². The molecule has 162 valence electrons. The van der Waals surface area contributed by atoms with Crippen LogP contribution in [-0.2, 0) is 28.9 Å². The van der Waals surface area contributed by atoms with Crippen LogP contribution >= 0.6 is 23.4 Å². The lowest BCUT2D eigenvalue weighted by molar-refractivity contribution is -0.137. The van der Waals surface area contributed by atoms with Crippen molar-refractivity contribution in [2.45, 2.75) is 24.5 Å². The summed E-state index contributed by atoms with van der Waals surface area (Å²) in [4.78, 5) is 28.2. The van der Waals surface area contributed by atoms with Gasteiger partial charge in [0.2, 0.25) is 11.8 Å². The number of carbonyl (C=O) groups is 2. The van der Waals surface area contributed by atoms with Gasteiger partial charge in [-0.1, -0.05) is 29.4 Å². The van der Waals surface area contributed by atoms with Crippen molar-refractivity contribution in [1.29, 1.82) is 0 Å². The zero-order valence-electron chi connectivity index (χ0n) is 15.5. The second-order valence-corrected chi connectivity index (χ2v) is 7.25. The normalized spacial score (nSPS) is 11.2. The van der Waals surface area contributed by atoms with Crippen molar-refractivity contribution >= 4 is 40.9 Å². The molecule has 0 aliphatic carbocycles. The number of aromatic nitrogens is 2. The van der Waals surface area contributed by atoms with Crippen molar-refractivity contribution in [2.75, 3.05) is 17.6 Å². The van der Waals surface area contributed by atoms with Gasteiger partial charge in [0.25, 0.3) is 0 Å². The van der Waals surface area contributed by atoms with Crippen LogP contribution < -0.4 is 10.6 Å². The molecule has 0 radical (unpaired) electrons. The zero-order chi connectivity index (χ0) is 22.3. The van der Waals surface area contributed by atoms with Gasteiger partial charge >= 0.3 is 6.18 Å². The van der Waals surface area contributed by atoms with E-state index in [0.29, 0.717) is 5.69 Å². The molecule has 0 spiro atoms. The predicted octanol–water partition coefficient (Wildman–Crippen LogP) is 3.08. The van der Waals surface area contributed by atoms with E-state index in [0.717, 1.165) is 30.0 Å². The predicted molar refractivity (Wildman–Crippen MR) is 107 cm³/mol. The zero-order valence-corrected chi connectivity index (χ0v) is 17.1. The molecule has 0 fully saturated rings. The lowest BCUT2D eigenvalue weighted by atomic mass is 10.2. The number of benzene rings is 1. The number of imidazole rings is 1. The van der Waals surface area contributed by atoms with Crippen LogP contribution in [-0.4, -0.2) is 38.8 Å². The summed E-state index contributed by atoms with van der Waals surface area (Å²) in [6.45, 7) is 3.26. The highest BCUT2D eigenvalue weighted by atomic mass is 35.5. The molecular formula is C18H18ClF3N4O3S. The van der Waals surface area contributed by atoms with Crippen molar-refractivity contribution in [3.8, 4) is 0 Å². The summed E-state index contributed by atoms with van der Waals surface area (Å²) in [5.41, 5.74) is -0.739. The monoisotopic (exact) mass is 462 g/mol. The molecule has 0 aliphatic heterocycles. The number of alkyl halides is 3. The number of hydrogen-bond donors (Lipinski definition) is 3. The fraction of sp³-hybridized carbons (Fsp3) is 0.278. The third kappa shape index (κ3) is 6.51. The van der Waals surface area contributed by atoms with Crippen molar-refractivity contribution in [3.05, 3.63) is 53.3 Å². The quantitative estimate of drug-likeness (QED) is 0.393. The second kappa shape index (κ2) is 10.5. The number of nitrogens with one attached hydrogen (secondary N) is 2. The van der Waals surface area contributed by atoms with Crippen molar-refractivity contribution < 1.29 is 27.9 Å². The molecule has 0 saturated heterocycles. The van der Waals surface area contributed by atoms with Gasteiger partial charge in [-0.2, -0.15) is 13.2 Å². The molecule has 1 heterocycles. The van der Waals surface area contributed by atoms with Crippen LogP contribution in [0.5, 0.6) is 0 Å². The van der Waals surface area contributed by atoms with E-state index in [1.165, 1.54) is 16.8 Å². The number of carbonyl (C=O) groups excluding carboxylic acids is 2. The topological polar surface area (TPSA) is 96.2 Å². The minimum atomic E-state index is -4.57. The number of aliphatic hydroxyl groups is 1. The fourth-order valence-electron chi connectivity index (χ4n) is 2.30. The first-order chi connectivity index (χ1) is 14.2. The molecule has 1 aromatic carbocycles. The Labute approximate surface area is 179 Å². The number of hydrogen-bond acceptors (Lipinski definition) is 5. The molecule has 0 aliphatic rings. The Morgan fingerprint density at radius 3 is 2.70 bits per heavy atom. The van der Waals surface area contributed by atoms with E-state index in [-0.39, 0.29) is 47.2 Å². The van der Waals surface area contributed by atoms with E-state index in [2.05, 4.69) is 22.2 Å². The van der Waals surface area contributed by atoms with E-state index < -0.39 is 17.6 Å². The highest BCUT2D eigenvalue weighted by Gasteiger charge is 2.31. The van der Waals surface area contributed by atoms with Crippen LogP contribution in [0.4, 0.5) is 18.9 Å². The van der Waals surface area contributed by atoms with E-state index in [1.807, 2.05) is 0 Å². The van der Waals surface area contributed by atoms with Crippen LogP contribution in [0.1, 0.15) is 11.3 Å². The minimum absolute atomic E-state index is 0.0377. The van der Waals surface area contributed by atoms with Gasteiger partial charge in [0, 0.05) is 6.54 Å². The first-order valence-electron chi connectivity index (χ1n) is 8.48. The van der Waals surface area contributed by atoms with Crippen LogP contribution in [0.15, 0.2) is 42.2 Å². The van der Waals surface area contributed by atoms with E-state index >= 15 is 0 Å². The fourth-order valence-corrected chi connectivity index (χ4v) is 3.26. The maximum Gasteiger partial charge on any atom is 0.416 e. The van der Waals surface area contributed by atoms with E-state index in [1.54, 1.807) is 0 Å². The van der Waals surface area contributed by atoms with Gasteiger partial charge in [-0.25, -0.2) is 4.98 Å². The molecule has 0 atom stereocenters. The molecule has 7 nitrogen and oxygen atoms in total. The smallest absolute Gasteiger partial charge is 0.390 e.